The molecule has 1 amide bonds. The summed E-state index contributed by atoms with van der Waals surface area (Å²) in [4.78, 5) is 12.0. The Morgan fingerprint density at radius 1 is 1.33 bits per heavy atom. The number of nitrogens with one attached hydrogen (secondary N) is 2. The van der Waals surface area contributed by atoms with Gasteiger partial charge in [-0.25, -0.2) is 0 Å². The first-order chi connectivity index (χ1) is 8.59. The summed E-state index contributed by atoms with van der Waals surface area (Å²) in [6, 6.07) is 3.36. The first kappa shape index (κ1) is 14.1. The second-order valence-corrected chi connectivity index (χ2v) is 5.82. The summed E-state index contributed by atoms with van der Waals surface area (Å²) in [5.74, 6) is -0.0602. The molecule has 0 radical (unpaired) electrons. The van der Waals surface area contributed by atoms with Gasteiger partial charge in [0, 0.05) is 4.47 Å². The van der Waals surface area contributed by atoms with Crippen molar-refractivity contribution < 1.29 is 4.79 Å². The van der Waals surface area contributed by atoms with Crippen LogP contribution in [0.4, 0.5) is 5.69 Å². The molecule has 1 aromatic carbocycles. The van der Waals surface area contributed by atoms with E-state index in [9.17, 15) is 4.79 Å². The van der Waals surface area contributed by atoms with E-state index in [1.165, 1.54) is 0 Å². The summed E-state index contributed by atoms with van der Waals surface area (Å²) < 4.78 is 0.711. The van der Waals surface area contributed by atoms with Crippen molar-refractivity contribution >= 4 is 50.7 Å². The normalized spacial score (nSPS) is 19.6. The number of hydrogen-bond donors (Lipinski definition) is 2. The number of anilines is 1. The molecule has 1 unspecified atom stereocenters. The minimum Gasteiger partial charge on any atom is -0.323 e. The Kier molecular flexibility index (Phi) is 4.90. The van der Waals surface area contributed by atoms with Crippen molar-refractivity contribution in [2.24, 2.45) is 0 Å². The van der Waals surface area contributed by atoms with E-state index in [0.717, 1.165) is 25.8 Å². The molecule has 18 heavy (non-hydrogen) atoms. The zero-order chi connectivity index (χ0) is 13.1. The van der Waals surface area contributed by atoms with E-state index in [-0.39, 0.29) is 11.9 Å². The van der Waals surface area contributed by atoms with Crippen molar-refractivity contribution in [3.8, 4) is 0 Å². The molecule has 0 bridgehead atoms. The van der Waals surface area contributed by atoms with Crippen molar-refractivity contribution in [3.05, 3.63) is 26.7 Å². The van der Waals surface area contributed by atoms with Gasteiger partial charge in [-0.1, -0.05) is 29.6 Å². The molecular formula is C12H13BrCl2N2O. The van der Waals surface area contributed by atoms with Crippen LogP contribution >= 0.6 is 39.1 Å². The smallest absolute Gasteiger partial charge is 0.241 e. The predicted molar refractivity (Wildman–Crippen MR) is 78.4 cm³/mol. The second-order valence-electron chi connectivity index (χ2n) is 4.21. The zero-order valence-corrected chi connectivity index (χ0v) is 12.7. The summed E-state index contributed by atoms with van der Waals surface area (Å²) in [5.41, 5.74) is 0.544. The number of benzene rings is 1. The molecule has 1 fully saturated rings. The van der Waals surface area contributed by atoms with E-state index < -0.39 is 0 Å². The summed E-state index contributed by atoms with van der Waals surface area (Å²) in [6.07, 6.45) is 3.04. The van der Waals surface area contributed by atoms with Crippen molar-refractivity contribution in [1.29, 1.82) is 0 Å². The Morgan fingerprint density at radius 3 is 2.78 bits per heavy atom. The number of piperidine rings is 1. The number of carbonyl (C=O) groups excluding carboxylic acids is 1. The average Bonchev–Trinajstić information content (AvgIpc) is 2.40. The number of amides is 1. The molecule has 1 heterocycles. The van der Waals surface area contributed by atoms with Gasteiger partial charge in [0.15, 0.2) is 0 Å². The lowest BCUT2D eigenvalue weighted by Crippen LogP contribution is -2.43. The van der Waals surface area contributed by atoms with E-state index >= 15 is 0 Å². The predicted octanol–water partition coefficient (Wildman–Crippen LogP) is 3.84. The molecule has 3 nitrogen and oxygen atoms in total. The van der Waals surface area contributed by atoms with Crippen LogP contribution in [0.15, 0.2) is 16.6 Å². The van der Waals surface area contributed by atoms with Crippen molar-refractivity contribution in [3.63, 3.8) is 0 Å². The molecule has 2 rings (SSSR count). The van der Waals surface area contributed by atoms with Gasteiger partial charge >= 0.3 is 0 Å². The maximum Gasteiger partial charge on any atom is 0.241 e. The first-order valence-corrected chi connectivity index (χ1v) is 7.32. The van der Waals surface area contributed by atoms with E-state index in [1.807, 2.05) is 0 Å². The molecule has 0 aliphatic carbocycles. The van der Waals surface area contributed by atoms with Gasteiger partial charge in [0.25, 0.3) is 0 Å². The van der Waals surface area contributed by atoms with Gasteiger partial charge in [-0.2, -0.15) is 0 Å². The van der Waals surface area contributed by atoms with E-state index in [1.54, 1.807) is 12.1 Å². The Balaban J connectivity index is 2.09. The minimum atomic E-state index is -0.141. The van der Waals surface area contributed by atoms with Gasteiger partial charge in [0.05, 0.1) is 21.8 Å². The highest BCUT2D eigenvalue weighted by Gasteiger charge is 2.21. The Bertz CT molecular complexity index is 462. The maximum atomic E-state index is 12.0. The van der Waals surface area contributed by atoms with Crippen LogP contribution in [0, 0.1) is 0 Å². The standard InChI is InChI=1S/C12H13BrCl2N2O/c13-7-4-5-8(11(15)10(7)14)17-12(18)9-3-1-2-6-16-9/h4-5,9,16H,1-3,6H2,(H,17,18). The van der Waals surface area contributed by atoms with E-state index in [2.05, 4.69) is 26.6 Å². The van der Waals surface area contributed by atoms with Crippen LogP contribution in [0.3, 0.4) is 0 Å². The van der Waals surface area contributed by atoms with Gasteiger partial charge in [-0.15, -0.1) is 0 Å². The van der Waals surface area contributed by atoms with Gasteiger partial charge in [0.1, 0.15) is 0 Å². The van der Waals surface area contributed by atoms with Crippen LogP contribution in [0.2, 0.25) is 10.0 Å². The third-order valence-corrected chi connectivity index (χ3v) is 4.69. The van der Waals surface area contributed by atoms with Crippen LogP contribution in [0.5, 0.6) is 0 Å². The Hall–Kier alpha value is -0.290. The number of rotatable bonds is 2. The first-order valence-electron chi connectivity index (χ1n) is 5.77. The fourth-order valence-electron chi connectivity index (χ4n) is 1.92. The lowest BCUT2D eigenvalue weighted by molar-refractivity contribution is -0.118. The SMILES string of the molecule is O=C(Nc1ccc(Br)c(Cl)c1Cl)C1CCCCN1. The van der Waals surface area contributed by atoms with Crippen molar-refractivity contribution in [2.45, 2.75) is 25.3 Å². The molecule has 1 saturated heterocycles. The number of carbonyl (C=O) groups is 1. The molecule has 0 saturated carbocycles. The van der Waals surface area contributed by atoms with Gasteiger partial charge < -0.3 is 10.6 Å². The third kappa shape index (κ3) is 3.18. The second kappa shape index (κ2) is 6.24. The minimum absolute atomic E-state index is 0.0602. The molecule has 1 aliphatic rings. The van der Waals surface area contributed by atoms with Gasteiger partial charge in [-0.05, 0) is 47.4 Å². The Morgan fingerprint density at radius 2 is 2.11 bits per heavy atom. The molecule has 6 heteroatoms. The lowest BCUT2D eigenvalue weighted by atomic mass is 10.0. The quantitative estimate of drug-likeness (QED) is 0.795. The molecule has 1 aliphatic heterocycles. The highest BCUT2D eigenvalue weighted by atomic mass is 79.9. The fourth-order valence-corrected chi connectivity index (χ4v) is 2.74. The molecular weight excluding hydrogens is 339 g/mol. The van der Waals surface area contributed by atoms with E-state index in [4.69, 9.17) is 23.2 Å². The van der Waals surface area contributed by atoms with E-state index in [0.29, 0.717) is 20.2 Å². The molecule has 0 aromatic heterocycles. The number of halogens is 3. The lowest BCUT2D eigenvalue weighted by Gasteiger charge is -2.22. The molecule has 1 aromatic rings. The van der Waals surface area contributed by atoms with Crippen LogP contribution in [-0.4, -0.2) is 18.5 Å². The average molecular weight is 352 g/mol. The van der Waals surface area contributed by atoms with Crippen LogP contribution < -0.4 is 10.6 Å². The van der Waals surface area contributed by atoms with Gasteiger partial charge in [-0.3, -0.25) is 4.79 Å². The molecule has 1 atom stereocenters. The van der Waals surface area contributed by atoms with Crippen LogP contribution in [0.25, 0.3) is 0 Å². The summed E-state index contributed by atoms with van der Waals surface area (Å²) >= 11 is 15.4. The number of hydrogen-bond acceptors (Lipinski definition) is 2. The van der Waals surface area contributed by atoms with Crippen molar-refractivity contribution in [1.82, 2.24) is 5.32 Å². The van der Waals surface area contributed by atoms with Crippen LogP contribution in [0.1, 0.15) is 19.3 Å². The topological polar surface area (TPSA) is 41.1 Å². The highest BCUT2D eigenvalue weighted by molar-refractivity contribution is 9.10. The van der Waals surface area contributed by atoms with Crippen molar-refractivity contribution in [2.75, 3.05) is 11.9 Å². The third-order valence-electron chi connectivity index (χ3n) is 2.92. The summed E-state index contributed by atoms with van der Waals surface area (Å²) in [6.45, 7) is 0.882. The zero-order valence-electron chi connectivity index (χ0n) is 9.60. The molecule has 2 N–H and O–H groups in total. The molecule has 0 spiro atoms. The van der Waals surface area contributed by atoms with Gasteiger partial charge in [0.2, 0.25) is 5.91 Å². The highest BCUT2D eigenvalue weighted by Crippen LogP contribution is 2.35. The maximum absolute atomic E-state index is 12.0. The largest absolute Gasteiger partial charge is 0.323 e. The molecule has 98 valence electrons. The summed E-state index contributed by atoms with van der Waals surface area (Å²) in [7, 11) is 0. The summed E-state index contributed by atoms with van der Waals surface area (Å²) in [5, 5.41) is 6.76. The fraction of sp³-hybridized carbons (Fsp3) is 0.417. The Labute approximate surface area is 124 Å². The monoisotopic (exact) mass is 350 g/mol. The van der Waals surface area contributed by atoms with Crippen LogP contribution in [-0.2, 0) is 4.79 Å².